The molecule has 6 heteroatoms. The molecular weight excluding hydrogens is 829 g/mol. The van der Waals surface area contributed by atoms with Crippen LogP contribution in [-0.4, -0.2) is 37.2 Å². The molecule has 0 heterocycles. The summed E-state index contributed by atoms with van der Waals surface area (Å²) < 4.78 is 16.7. The molecule has 6 nitrogen and oxygen atoms in total. The molecule has 0 spiro atoms. The van der Waals surface area contributed by atoms with Gasteiger partial charge in [0.05, 0.1) is 0 Å². The Labute approximate surface area is 412 Å². The lowest BCUT2D eigenvalue weighted by Crippen LogP contribution is -2.30. The third-order valence-electron chi connectivity index (χ3n) is 11.3. The second kappa shape index (κ2) is 54.7. The fourth-order valence-electron chi connectivity index (χ4n) is 7.14. The van der Waals surface area contributed by atoms with Gasteiger partial charge in [-0.2, -0.15) is 0 Å². The van der Waals surface area contributed by atoms with Crippen LogP contribution in [0.25, 0.3) is 0 Å². The van der Waals surface area contributed by atoms with Crippen LogP contribution in [0, 0.1) is 0 Å². The smallest absolute Gasteiger partial charge is 0.306 e. The molecule has 0 bridgehead atoms. The van der Waals surface area contributed by atoms with Gasteiger partial charge in [0.25, 0.3) is 0 Å². The molecule has 0 aliphatic carbocycles. The van der Waals surface area contributed by atoms with Crippen molar-refractivity contribution in [1.82, 2.24) is 0 Å². The zero-order valence-corrected chi connectivity index (χ0v) is 43.4. The highest BCUT2D eigenvalue weighted by Crippen LogP contribution is 2.13. The summed E-state index contributed by atoms with van der Waals surface area (Å²) in [5.41, 5.74) is 0. The Morgan fingerprint density at radius 2 is 0.597 bits per heavy atom. The third kappa shape index (κ3) is 52.9. The Morgan fingerprint density at radius 1 is 0.313 bits per heavy atom. The summed E-state index contributed by atoms with van der Waals surface area (Å²) >= 11 is 0. The van der Waals surface area contributed by atoms with Crippen molar-refractivity contribution in [2.45, 2.75) is 245 Å². The summed E-state index contributed by atoms with van der Waals surface area (Å²) in [6, 6.07) is 0. The maximum Gasteiger partial charge on any atom is 0.306 e. The lowest BCUT2D eigenvalue weighted by atomic mass is 10.1. The monoisotopic (exact) mass is 929 g/mol. The van der Waals surface area contributed by atoms with E-state index in [2.05, 4.69) is 130 Å². The van der Waals surface area contributed by atoms with E-state index in [-0.39, 0.29) is 31.1 Å². The molecule has 0 saturated carbocycles. The Balaban J connectivity index is 4.16. The zero-order chi connectivity index (χ0) is 48.6. The van der Waals surface area contributed by atoms with Crippen molar-refractivity contribution in [2.24, 2.45) is 0 Å². The van der Waals surface area contributed by atoms with E-state index < -0.39 is 6.10 Å². The van der Waals surface area contributed by atoms with E-state index in [4.69, 9.17) is 14.2 Å². The van der Waals surface area contributed by atoms with Crippen molar-refractivity contribution in [3.63, 3.8) is 0 Å². The number of rotatable bonds is 48. The molecule has 0 aromatic carbocycles. The van der Waals surface area contributed by atoms with Crippen molar-refractivity contribution in [2.75, 3.05) is 13.2 Å². The average Bonchev–Trinajstić information content (AvgIpc) is 3.33. The highest BCUT2D eigenvalue weighted by Gasteiger charge is 2.19. The lowest BCUT2D eigenvalue weighted by Gasteiger charge is -2.18. The fraction of sp³-hybridized carbons (Fsp3) is 0.656. The SMILES string of the molecule is CC/C=C\C/C=C\C/C=C\C/C=C\C/C=C\C/C=C\C/C=C\C/C=C\CCCCCCCCC(=O)OCC(COC(=O)CCCCCCCCC)OC(=O)CCCCCCC/C=C\CCCC. The number of allylic oxidation sites excluding steroid dienone is 18. The molecule has 0 saturated heterocycles. The van der Waals surface area contributed by atoms with Gasteiger partial charge in [0.1, 0.15) is 13.2 Å². The Kier molecular flexibility index (Phi) is 51.5. The first kappa shape index (κ1) is 63.1. The van der Waals surface area contributed by atoms with Gasteiger partial charge in [-0.1, -0.05) is 226 Å². The molecule has 1 atom stereocenters. The van der Waals surface area contributed by atoms with Gasteiger partial charge < -0.3 is 14.2 Å². The average molecular weight is 929 g/mol. The molecule has 0 aliphatic heterocycles. The molecule has 0 aromatic heterocycles. The van der Waals surface area contributed by atoms with Crippen molar-refractivity contribution >= 4 is 17.9 Å². The topological polar surface area (TPSA) is 78.9 Å². The summed E-state index contributed by atoms with van der Waals surface area (Å²) in [6.07, 6.45) is 73.9. The van der Waals surface area contributed by atoms with Crippen molar-refractivity contribution in [3.05, 3.63) is 109 Å². The number of esters is 3. The molecule has 380 valence electrons. The van der Waals surface area contributed by atoms with Crippen molar-refractivity contribution < 1.29 is 28.6 Å². The molecule has 0 fully saturated rings. The number of unbranched alkanes of at least 4 members (excludes halogenated alkanes) is 19. The van der Waals surface area contributed by atoms with E-state index in [1.165, 1.54) is 64.2 Å². The first-order valence-electron chi connectivity index (χ1n) is 27.4. The molecule has 67 heavy (non-hydrogen) atoms. The number of carbonyl (C=O) groups is 3. The number of ether oxygens (including phenoxy) is 3. The lowest BCUT2D eigenvalue weighted by molar-refractivity contribution is -0.167. The maximum absolute atomic E-state index is 12.7. The predicted octanol–water partition coefficient (Wildman–Crippen LogP) is 18.3. The summed E-state index contributed by atoms with van der Waals surface area (Å²) in [6.45, 7) is 6.41. The first-order chi connectivity index (χ1) is 33.0. The van der Waals surface area contributed by atoms with Crippen LogP contribution in [0.2, 0.25) is 0 Å². The van der Waals surface area contributed by atoms with Crippen molar-refractivity contribution in [1.29, 1.82) is 0 Å². The van der Waals surface area contributed by atoms with Gasteiger partial charge >= 0.3 is 17.9 Å². The molecule has 0 radical (unpaired) electrons. The van der Waals surface area contributed by atoms with Crippen LogP contribution in [0.1, 0.15) is 239 Å². The van der Waals surface area contributed by atoms with Crippen LogP contribution in [0.15, 0.2) is 109 Å². The van der Waals surface area contributed by atoms with E-state index in [1.807, 2.05) is 0 Å². The van der Waals surface area contributed by atoms with Gasteiger partial charge in [-0.15, -0.1) is 0 Å². The summed E-state index contributed by atoms with van der Waals surface area (Å²) in [7, 11) is 0. The van der Waals surface area contributed by atoms with Crippen LogP contribution in [0.4, 0.5) is 0 Å². The molecule has 0 aliphatic rings. The van der Waals surface area contributed by atoms with Crippen LogP contribution < -0.4 is 0 Å². The molecule has 1 unspecified atom stereocenters. The van der Waals surface area contributed by atoms with Gasteiger partial charge in [0.2, 0.25) is 0 Å². The highest BCUT2D eigenvalue weighted by atomic mass is 16.6. The van der Waals surface area contributed by atoms with Gasteiger partial charge in [-0.25, -0.2) is 0 Å². The standard InChI is InChI=1S/C61H100O6/c1-4-7-10-13-16-18-20-21-22-23-24-25-26-27-28-29-30-31-32-33-34-35-36-37-38-39-41-42-45-48-51-54-60(63)66-57-58(56-65-59(62)53-50-47-44-15-12-9-6-3)67-61(64)55-52-49-46-43-40-19-17-14-11-8-5-2/h7,10,14,16-18,21-22,24-25,27-28,30-31,33-34,36-37,58H,4-6,8-9,11-13,15,19-20,23,26,29,32,35,38-57H2,1-3H3/b10-7-,17-14-,18-16-,22-21-,25-24-,28-27-,31-30-,34-33-,37-36-. The van der Waals surface area contributed by atoms with E-state index in [1.54, 1.807) is 0 Å². The summed E-state index contributed by atoms with van der Waals surface area (Å²) in [5.74, 6) is -0.923. The summed E-state index contributed by atoms with van der Waals surface area (Å²) in [5, 5.41) is 0. The number of hydrogen-bond acceptors (Lipinski definition) is 6. The maximum atomic E-state index is 12.7. The van der Waals surface area contributed by atoms with E-state index in [0.717, 1.165) is 135 Å². The van der Waals surface area contributed by atoms with Gasteiger partial charge in [0.15, 0.2) is 6.10 Å². The predicted molar refractivity (Wildman–Crippen MR) is 288 cm³/mol. The minimum absolute atomic E-state index is 0.0862. The number of hydrogen-bond donors (Lipinski definition) is 0. The normalized spacial score (nSPS) is 12.9. The van der Waals surface area contributed by atoms with Gasteiger partial charge in [-0.3, -0.25) is 14.4 Å². The third-order valence-corrected chi connectivity index (χ3v) is 11.3. The van der Waals surface area contributed by atoms with Crippen LogP contribution in [-0.2, 0) is 28.6 Å². The Bertz CT molecular complexity index is 1390. The second-order valence-electron chi connectivity index (χ2n) is 17.8. The fourth-order valence-corrected chi connectivity index (χ4v) is 7.14. The Morgan fingerprint density at radius 3 is 0.970 bits per heavy atom. The van der Waals surface area contributed by atoms with Gasteiger partial charge in [-0.05, 0) is 103 Å². The van der Waals surface area contributed by atoms with E-state index >= 15 is 0 Å². The molecule has 0 rings (SSSR count). The van der Waals surface area contributed by atoms with Crippen LogP contribution >= 0.6 is 0 Å². The zero-order valence-electron chi connectivity index (χ0n) is 43.4. The van der Waals surface area contributed by atoms with E-state index in [0.29, 0.717) is 19.3 Å². The van der Waals surface area contributed by atoms with Crippen molar-refractivity contribution in [3.8, 4) is 0 Å². The highest BCUT2D eigenvalue weighted by molar-refractivity contribution is 5.71. The molecular formula is C61H100O6. The molecule has 0 amide bonds. The van der Waals surface area contributed by atoms with E-state index in [9.17, 15) is 14.4 Å². The Hall–Kier alpha value is -3.93. The minimum Gasteiger partial charge on any atom is -0.462 e. The minimum atomic E-state index is -0.785. The molecule has 0 N–H and O–H groups in total. The van der Waals surface area contributed by atoms with Crippen LogP contribution in [0.3, 0.4) is 0 Å². The van der Waals surface area contributed by atoms with Crippen LogP contribution in [0.5, 0.6) is 0 Å². The number of carbonyl (C=O) groups excluding carboxylic acids is 3. The van der Waals surface area contributed by atoms with Gasteiger partial charge in [0, 0.05) is 19.3 Å². The quantitative estimate of drug-likeness (QED) is 0.0262. The molecule has 0 aromatic rings. The largest absolute Gasteiger partial charge is 0.462 e. The summed E-state index contributed by atoms with van der Waals surface area (Å²) in [4.78, 5) is 37.8. The second-order valence-corrected chi connectivity index (χ2v) is 17.8. The first-order valence-corrected chi connectivity index (χ1v) is 27.4.